The zero-order chi connectivity index (χ0) is 22.7. The zero-order valence-electron chi connectivity index (χ0n) is 18.4. The van der Waals surface area contributed by atoms with Crippen molar-refractivity contribution in [3.8, 4) is 11.5 Å². The third-order valence-electron chi connectivity index (χ3n) is 5.75. The van der Waals surface area contributed by atoms with Gasteiger partial charge >= 0.3 is 0 Å². The van der Waals surface area contributed by atoms with Crippen molar-refractivity contribution in [2.75, 3.05) is 44.3 Å². The number of benzene rings is 2. The molecule has 9 heteroatoms. The second-order valence-electron chi connectivity index (χ2n) is 8.30. The molecule has 1 N–H and O–H groups in total. The standard InChI is InChI=1S/C23H29N3O5S/c1-17(2)22(23(27)26-12-10-25(11-13-26)18-6-4-3-5-7-18)24-32(28,29)19-8-9-20-21(16-19)31-15-14-30-20/h3-9,16-17,22,24H,10-15H2,1-2H3/t22-/m1/s1. The molecule has 2 aliphatic heterocycles. The van der Waals surface area contributed by atoms with Crippen molar-refractivity contribution < 1.29 is 22.7 Å². The fourth-order valence-electron chi connectivity index (χ4n) is 3.92. The van der Waals surface area contributed by atoms with Gasteiger partial charge in [0.25, 0.3) is 0 Å². The van der Waals surface area contributed by atoms with E-state index in [1.54, 1.807) is 11.0 Å². The number of hydrogen-bond acceptors (Lipinski definition) is 6. The molecule has 1 fully saturated rings. The Morgan fingerprint density at radius 2 is 1.59 bits per heavy atom. The number of nitrogens with one attached hydrogen (secondary N) is 1. The number of rotatable bonds is 6. The van der Waals surface area contributed by atoms with Crippen LogP contribution in [0.3, 0.4) is 0 Å². The Bertz CT molecular complexity index is 1050. The predicted octanol–water partition coefficient (Wildman–Crippen LogP) is 2.11. The minimum atomic E-state index is -3.92. The number of nitrogens with zero attached hydrogens (tertiary/aromatic N) is 2. The molecule has 0 radical (unpaired) electrons. The second-order valence-corrected chi connectivity index (χ2v) is 10.0. The third kappa shape index (κ3) is 4.83. The van der Waals surface area contributed by atoms with Gasteiger partial charge in [0.1, 0.15) is 19.3 Å². The van der Waals surface area contributed by atoms with Gasteiger partial charge in [-0.25, -0.2) is 8.42 Å². The van der Waals surface area contributed by atoms with E-state index in [-0.39, 0.29) is 16.7 Å². The molecule has 1 amide bonds. The predicted molar refractivity (Wildman–Crippen MR) is 122 cm³/mol. The maximum absolute atomic E-state index is 13.3. The summed E-state index contributed by atoms with van der Waals surface area (Å²) >= 11 is 0. The van der Waals surface area contributed by atoms with E-state index >= 15 is 0 Å². The molecule has 32 heavy (non-hydrogen) atoms. The molecule has 8 nitrogen and oxygen atoms in total. The van der Waals surface area contributed by atoms with Gasteiger partial charge in [0, 0.05) is 37.9 Å². The number of carbonyl (C=O) groups is 1. The van der Waals surface area contributed by atoms with Crippen molar-refractivity contribution in [2.24, 2.45) is 5.92 Å². The molecule has 0 unspecified atom stereocenters. The molecule has 1 atom stereocenters. The average Bonchev–Trinajstić information content (AvgIpc) is 2.82. The molecular formula is C23H29N3O5S. The van der Waals surface area contributed by atoms with Crippen LogP contribution in [0.5, 0.6) is 11.5 Å². The van der Waals surface area contributed by atoms with Crippen molar-refractivity contribution in [2.45, 2.75) is 24.8 Å². The van der Waals surface area contributed by atoms with Crippen LogP contribution in [0.2, 0.25) is 0 Å². The number of hydrogen-bond donors (Lipinski definition) is 1. The van der Waals surface area contributed by atoms with E-state index in [1.165, 1.54) is 12.1 Å². The number of ether oxygens (including phenoxy) is 2. The van der Waals surface area contributed by atoms with Crippen LogP contribution in [0.4, 0.5) is 5.69 Å². The summed E-state index contributed by atoms with van der Waals surface area (Å²) in [4.78, 5) is 17.3. The molecule has 2 aromatic rings. The smallest absolute Gasteiger partial charge is 0.241 e. The Morgan fingerprint density at radius 3 is 2.25 bits per heavy atom. The summed E-state index contributed by atoms with van der Waals surface area (Å²) in [6.07, 6.45) is 0. The number of piperazine rings is 1. The molecule has 0 bridgehead atoms. The van der Waals surface area contributed by atoms with Gasteiger partial charge in [0.2, 0.25) is 15.9 Å². The quantitative estimate of drug-likeness (QED) is 0.712. The summed E-state index contributed by atoms with van der Waals surface area (Å²) in [6.45, 7) is 6.98. The van der Waals surface area contributed by atoms with E-state index in [0.717, 1.165) is 5.69 Å². The highest BCUT2D eigenvalue weighted by atomic mass is 32.2. The summed E-state index contributed by atoms with van der Waals surface area (Å²) in [5, 5.41) is 0. The molecule has 2 aromatic carbocycles. The van der Waals surface area contributed by atoms with Crippen LogP contribution >= 0.6 is 0 Å². The lowest BCUT2D eigenvalue weighted by Gasteiger charge is -2.38. The molecule has 0 spiro atoms. The fourth-order valence-corrected chi connectivity index (χ4v) is 5.27. The normalized spacial score (nSPS) is 17.3. The van der Waals surface area contributed by atoms with Gasteiger partial charge in [0.15, 0.2) is 11.5 Å². The summed E-state index contributed by atoms with van der Waals surface area (Å²) in [5.41, 5.74) is 1.12. The highest BCUT2D eigenvalue weighted by molar-refractivity contribution is 7.89. The average molecular weight is 460 g/mol. The van der Waals surface area contributed by atoms with E-state index in [0.29, 0.717) is 50.9 Å². The lowest BCUT2D eigenvalue weighted by atomic mass is 10.0. The first-order chi connectivity index (χ1) is 15.3. The summed E-state index contributed by atoms with van der Waals surface area (Å²) in [6, 6.07) is 13.7. The van der Waals surface area contributed by atoms with Gasteiger partial charge in [-0.2, -0.15) is 4.72 Å². The lowest BCUT2D eigenvalue weighted by Crippen LogP contribution is -2.56. The Hall–Kier alpha value is -2.78. The Labute approximate surface area is 189 Å². The van der Waals surface area contributed by atoms with Crippen LogP contribution in [0.25, 0.3) is 0 Å². The van der Waals surface area contributed by atoms with E-state index < -0.39 is 16.1 Å². The van der Waals surface area contributed by atoms with Gasteiger partial charge in [-0.05, 0) is 30.2 Å². The van der Waals surface area contributed by atoms with Gasteiger partial charge < -0.3 is 19.3 Å². The molecule has 1 saturated heterocycles. The zero-order valence-corrected chi connectivity index (χ0v) is 19.2. The van der Waals surface area contributed by atoms with E-state index in [9.17, 15) is 13.2 Å². The van der Waals surface area contributed by atoms with Crippen LogP contribution < -0.4 is 19.1 Å². The molecular weight excluding hydrogens is 430 g/mol. The van der Waals surface area contributed by atoms with Crippen molar-refractivity contribution >= 4 is 21.6 Å². The SMILES string of the molecule is CC(C)[C@@H](NS(=O)(=O)c1ccc2c(c1)OCCO2)C(=O)N1CCN(c2ccccc2)CC1. The monoisotopic (exact) mass is 459 g/mol. The topological polar surface area (TPSA) is 88.2 Å². The molecule has 0 aliphatic carbocycles. The van der Waals surface area contributed by atoms with E-state index in [2.05, 4.69) is 21.8 Å². The third-order valence-corrected chi connectivity index (χ3v) is 7.19. The summed E-state index contributed by atoms with van der Waals surface area (Å²) in [5.74, 6) is 0.502. The number of anilines is 1. The minimum Gasteiger partial charge on any atom is -0.486 e. The molecule has 2 aliphatic rings. The first-order valence-corrected chi connectivity index (χ1v) is 12.3. The summed E-state index contributed by atoms with van der Waals surface area (Å²) < 4.78 is 39.7. The van der Waals surface area contributed by atoms with Crippen LogP contribution in [0.1, 0.15) is 13.8 Å². The summed E-state index contributed by atoms with van der Waals surface area (Å²) in [7, 11) is -3.92. The molecule has 0 saturated carbocycles. The molecule has 2 heterocycles. The van der Waals surface area contributed by atoms with Crippen molar-refractivity contribution in [3.05, 3.63) is 48.5 Å². The maximum atomic E-state index is 13.3. The van der Waals surface area contributed by atoms with Gasteiger partial charge in [0.05, 0.1) is 4.90 Å². The van der Waals surface area contributed by atoms with Crippen LogP contribution in [-0.4, -0.2) is 64.7 Å². The van der Waals surface area contributed by atoms with Crippen LogP contribution in [0.15, 0.2) is 53.4 Å². The Morgan fingerprint density at radius 1 is 0.938 bits per heavy atom. The van der Waals surface area contributed by atoms with Crippen LogP contribution in [0, 0.1) is 5.92 Å². The molecule has 0 aromatic heterocycles. The highest BCUT2D eigenvalue weighted by Gasteiger charge is 2.33. The van der Waals surface area contributed by atoms with Crippen LogP contribution in [-0.2, 0) is 14.8 Å². The highest BCUT2D eigenvalue weighted by Crippen LogP contribution is 2.32. The number of amides is 1. The lowest BCUT2D eigenvalue weighted by molar-refractivity contribution is -0.134. The number of sulfonamides is 1. The molecule has 4 rings (SSSR count). The Kier molecular flexibility index (Phi) is 6.57. The minimum absolute atomic E-state index is 0.0501. The second kappa shape index (κ2) is 9.38. The van der Waals surface area contributed by atoms with Crippen molar-refractivity contribution in [3.63, 3.8) is 0 Å². The first-order valence-electron chi connectivity index (χ1n) is 10.9. The van der Waals surface area contributed by atoms with E-state index in [1.807, 2.05) is 32.0 Å². The van der Waals surface area contributed by atoms with Crippen molar-refractivity contribution in [1.29, 1.82) is 0 Å². The van der Waals surface area contributed by atoms with Gasteiger partial charge in [-0.1, -0.05) is 32.0 Å². The Balaban J connectivity index is 1.45. The number of para-hydroxylation sites is 1. The maximum Gasteiger partial charge on any atom is 0.241 e. The fraction of sp³-hybridized carbons (Fsp3) is 0.435. The van der Waals surface area contributed by atoms with Gasteiger partial charge in [-0.3, -0.25) is 4.79 Å². The van der Waals surface area contributed by atoms with Crippen molar-refractivity contribution in [1.82, 2.24) is 9.62 Å². The van der Waals surface area contributed by atoms with Gasteiger partial charge in [-0.15, -0.1) is 0 Å². The first kappa shape index (κ1) is 22.4. The molecule has 172 valence electrons. The number of carbonyl (C=O) groups excluding carboxylic acids is 1. The largest absolute Gasteiger partial charge is 0.486 e. The van der Waals surface area contributed by atoms with E-state index in [4.69, 9.17) is 9.47 Å². The number of fused-ring (bicyclic) bond motifs is 1.